The van der Waals surface area contributed by atoms with Gasteiger partial charge in [0.15, 0.2) is 0 Å². The molecule has 0 aromatic heterocycles. The number of hydrogen-bond acceptors (Lipinski definition) is 4. The van der Waals surface area contributed by atoms with Crippen LogP contribution >= 0.6 is 15.8 Å². The Labute approximate surface area is 397 Å². The van der Waals surface area contributed by atoms with Crippen LogP contribution in [0, 0.1) is 126 Å². The summed E-state index contributed by atoms with van der Waals surface area (Å²) in [5, 5.41) is 44.8. The molecule has 8 rings (SSSR count). The minimum atomic E-state index is -0.417. The molecule has 0 saturated heterocycles. The summed E-state index contributed by atoms with van der Waals surface area (Å²) in [5.41, 5.74) is 2.84. The van der Waals surface area contributed by atoms with Gasteiger partial charge >= 0.3 is 55.9 Å². The van der Waals surface area contributed by atoms with Crippen LogP contribution in [0.3, 0.4) is 0 Å². The van der Waals surface area contributed by atoms with Crippen LogP contribution in [0.2, 0.25) is 0 Å². The minimum absolute atomic E-state index is 0. The second kappa shape index (κ2) is 35.8. The van der Waals surface area contributed by atoms with E-state index in [9.17, 15) is 20.4 Å². The molecule has 0 heterocycles. The van der Waals surface area contributed by atoms with Gasteiger partial charge in [0.2, 0.25) is 0 Å². The second-order valence-corrected chi connectivity index (χ2v) is 17.1. The predicted molar refractivity (Wildman–Crippen MR) is 230 cm³/mol. The van der Waals surface area contributed by atoms with Crippen molar-refractivity contribution < 1.29 is 76.3 Å². The van der Waals surface area contributed by atoms with Crippen LogP contribution in [-0.2, 0) is 55.9 Å². The van der Waals surface area contributed by atoms with Crippen LogP contribution in [0.15, 0.2) is 121 Å². The van der Waals surface area contributed by atoms with Gasteiger partial charge in [-0.05, 0) is 140 Å². The molecule has 20 radical (unpaired) electrons. The zero-order valence-electron chi connectivity index (χ0n) is 33.7. The molecule has 9 heteroatoms. The van der Waals surface area contributed by atoms with Crippen LogP contribution < -0.4 is 41.6 Å². The van der Waals surface area contributed by atoms with E-state index in [1.54, 1.807) is 53.4 Å². The third-order valence-electron chi connectivity index (χ3n) is 7.13. The molecule has 4 saturated carbocycles. The van der Waals surface area contributed by atoms with Gasteiger partial charge in [-0.3, -0.25) is 0 Å². The molecule has 0 atom stereocenters. The van der Waals surface area contributed by atoms with E-state index in [1.165, 1.54) is 58.2 Å². The first-order chi connectivity index (χ1) is 27.2. The molecule has 0 unspecified atom stereocenters. The number of rotatable bonds is 6. The van der Waals surface area contributed by atoms with Crippen molar-refractivity contribution in [2.24, 2.45) is 0 Å². The molecule has 0 spiro atoms. The summed E-state index contributed by atoms with van der Waals surface area (Å²) in [6.07, 6.45) is 29.8. The largest absolute Gasteiger partial charge is 4.00 e. The van der Waals surface area contributed by atoms with Crippen LogP contribution in [0.5, 0.6) is 0 Å². The predicted octanol–water partition coefficient (Wildman–Crippen LogP) is 5.89. The third kappa shape index (κ3) is 25.3. The maximum Gasteiger partial charge on any atom is 4.00 e. The average Bonchev–Trinajstić information content (AvgIpc) is 4.06. The average molecular weight is 936 g/mol. The van der Waals surface area contributed by atoms with E-state index in [4.69, 9.17) is 0 Å². The van der Waals surface area contributed by atoms with Crippen molar-refractivity contribution in [2.45, 2.75) is 39.9 Å². The Hall–Kier alpha value is -0.667. The summed E-state index contributed by atoms with van der Waals surface area (Å²) in [7, 11) is -0.818. The van der Waals surface area contributed by atoms with Gasteiger partial charge in [-0.15, -0.1) is 24.4 Å². The topological polar surface area (TPSA) is 92.2 Å². The van der Waals surface area contributed by atoms with Gasteiger partial charge in [0.25, 0.3) is 0 Å². The minimum Gasteiger partial charge on any atom is -0.852 e. The van der Waals surface area contributed by atoms with Crippen molar-refractivity contribution in [3.05, 3.63) is 248 Å². The van der Waals surface area contributed by atoms with E-state index in [0.29, 0.717) is 0 Å². The van der Waals surface area contributed by atoms with E-state index in [2.05, 4.69) is 173 Å². The monoisotopic (exact) mass is 936 g/mol. The van der Waals surface area contributed by atoms with Crippen molar-refractivity contribution in [2.75, 3.05) is 0 Å². The molecule has 0 amide bonds. The van der Waals surface area contributed by atoms with Crippen LogP contribution in [0.4, 0.5) is 0 Å². The van der Waals surface area contributed by atoms with E-state index in [0.717, 1.165) is 0 Å². The Morgan fingerprint density at radius 2 is 0.508 bits per heavy atom. The smallest absolute Gasteiger partial charge is 0.852 e. The summed E-state index contributed by atoms with van der Waals surface area (Å²) in [4.78, 5) is 0. The van der Waals surface area contributed by atoms with Gasteiger partial charge in [0.1, 0.15) is 0 Å². The van der Waals surface area contributed by atoms with Gasteiger partial charge < -0.3 is 20.4 Å². The molecular formula is C50H50Fe2O4P2Ti+4. The van der Waals surface area contributed by atoms with Crippen LogP contribution in [0.1, 0.15) is 27.7 Å². The number of hydrogen-bond donors (Lipinski definition) is 0. The van der Waals surface area contributed by atoms with Crippen LogP contribution in [0.25, 0.3) is 0 Å². The van der Waals surface area contributed by atoms with E-state index in [1.807, 2.05) is 0 Å². The molecule has 300 valence electrons. The SMILES string of the molecule is CC(C)[O-].CC(C)[O-].[CH]1[CH][CH][C](P(c2ccccc2)c2ccccc2)[CH]1.[CH]1[CH][CH][C](P(c2ccccc2)c2ccccc2)[CH]1.[Fe+2].[Fe+2].[O-][C]1[CH][CH][CH][CH]1.[O-][C]1[CH][CH][CH][CH]1.[Ti+4]. The molecular weight excluding hydrogens is 886 g/mol. The Kier molecular flexibility index (Phi) is 35.4. The van der Waals surface area contributed by atoms with Crippen LogP contribution in [-0.4, -0.2) is 12.2 Å². The van der Waals surface area contributed by atoms with Crippen molar-refractivity contribution in [1.82, 2.24) is 0 Å². The first-order valence-electron chi connectivity index (χ1n) is 18.5. The van der Waals surface area contributed by atoms with Gasteiger partial charge in [-0.2, -0.15) is 0 Å². The maximum absolute atomic E-state index is 10.1. The first kappa shape index (κ1) is 58.3. The fourth-order valence-electron chi connectivity index (χ4n) is 4.94. The summed E-state index contributed by atoms with van der Waals surface area (Å²) >= 11 is 0. The molecule has 0 bridgehead atoms. The summed E-state index contributed by atoms with van der Waals surface area (Å²) in [5.74, 6) is 0. The Morgan fingerprint density at radius 3 is 0.661 bits per heavy atom. The summed E-state index contributed by atoms with van der Waals surface area (Å²) < 4.78 is 0. The van der Waals surface area contributed by atoms with Gasteiger partial charge in [-0.1, -0.05) is 149 Å². The second-order valence-electron chi connectivity index (χ2n) is 12.6. The van der Waals surface area contributed by atoms with E-state index < -0.39 is 28.1 Å². The Balaban J connectivity index is 0.000000760. The molecule has 0 N–H and O–H groups in total. The quantitative estimate of drug-likeness (QED) is 0.179. The Bertz CT molecular complexity index is 1290. The molecule has 4 fully saturated rings. The summed E-state index contributed by atoms with van der Waals surface area (Å²) in [6, 6.07) is 43.1. The van der Waals surface area contributed by atoms with Gasteiger partial charge in [-0.25, -0.2) is 0 Å². The fraction of sp³-hybridized carbons (Fsp3) is 0.120. The molecule has 4 aromatic rings. The van der Waals surface area contributed by atoms with Gasteiger partial charge in [0, 0.05) is 11.3 Å². The molecule has 4 aromatic carbocycles. The van der Waals surface area contributed by atoms with Crippen molar-refractivity contribution in [3.8, 4) is 0 Å². The zero-order chi connectivity index (χ0) is 40.4. The standard InChI is InChI=1S/2C17H14P.2C5H4O.2C3H7O.2Fe.Ti/c2*1-3-9-15(10-4-1)18(17-13-7-8-14-17)16-11-5-2-6-12-16;2*6-5-3-1-2-4-5;2*1-3(2)4;;;/h2*1-14H;2*1-4H;2*3H,1-2H3;;;/q;;4*-1;2*+2;+4. The van der Waals surface area contributed by atoms with E-state index in [-0.39, 0.29) is 68.1 Å². The molecule has 4 aliphatic rings. The zero-order valence-corrected chi connectivity index (χ0v) is 39.2. The number of benzene rings is 4. The molecule has 4 aliphatic carbocycles. The molecule has 4 nitrogen and oxygen atoms in total. The third-order valence-corrected chi connectivity index (χ3v) is 12.0. The molecule has 59 heavy (non-hydrogen) atoms. The Morgan fingerprint density at radius 1 is 0.339 bits per heavy atom. The fourth-order valence-corrected chi connectivity index (χ4v) is 9.55. The summed E-state index contributed by atoms with van der Waals surface area (Å²) in [6.45, 7) is 6.44. The normalized spacial score (nSPS) is 16.3. The van der Waals surface area contributed by atoms with Crippen molar-refractivity contribution in [3.63, 3.8) is 0 Å². The van der Waals surface area contributed by atoms with E-state index >= 15 is 0 Å². The van der Waals surface area contributed by atoms with Crippen molar-refractivity contribution >= 4 is 37.1 Å². The maximum atomic E-state index is 10.1. The van der Waals surface area contributed by atoms with Gasteiger partial charge in [0.05, 0.1) is 0 Å². The van der Waals surface area contributed by atoms with Crippen molar-refractivity contribution in [1.29, 1.82) is 0 Å². The molecule has 0 aliphatic heterocycles. The first-order valence-corrected chi connectivity index (χ1v) is 21.2.